The number of rotatable bonds is 5. The van der Waals surface area contributed by atoms with Crippen LogP contribution < -0.4 is 10.1 Å². The fraction of sp³-hybridized carbons (Fsp3) is 0.333. The number of benzene rings is 1. The number of hydrogen-bond donors (Lipinski definition) is 2. The van der Waals surface area contributed by atoms with Gasteiger partial charge in [0.2, 0.25) is 0 Å². The summed E-state index contributed by atoms with van der Waals surface area (Å²) in [6.07, 6.45) is 2.34. The second-order valence-corrected chi connectivity index (χ2v) is 4.73. The number of H-pyrrole nitrogens is 1. The third-order valence-corrected chi connectivity index (χ3v) is 3.19. The number of amides is 1. The normalized spacial score (nSPS) is 12.0. The van der Waals surface area contributed by atoms with Gasteiger partial charge in [-0.05, 0) is 25.5 Å². The molecule has 1 heterocycles. The first-order valence-corrected chi connectivity index (χ1v) is 6.71. The van der Waals surface area contributed by atoms with Gasteiger partial charge in [-0.3, -0.25) is 4.79 Å². The summed E-state index contributed by atoms with van der Waals surface area (Å²) in [6.45, 7) is 3.81. The summed E-state index contributed by atoms with van der Waals surface area (Å²) >= 11 is 0. The quantitative estimate of drug-likeness (QED) is 0.890. The summed E-state index contributed by atoms with van der Waals surface area (Å²) in [7, 11) is 1.45. The second-order valence-electron chi connectivity index (χ2n) is 4.73. The molecule has 2 aromatic rings. The predicted octanol–water partition coefficient (Wildman–Crippen LogP) is 2.75. The number of aryl methyl sites for hydroxylation is 1. The minimum absolute atomic E-state index is 0.0162. The van der Waals surface area contributed by atoms with E-state index in [4.69, 9.17) is 4.74 Å². The summed E-state index contributed by atoms with van der Waals surface area (Å²) in [5.41, 5.74) is 0.894. The fourth-order valence-corrected chi connectivity index (χ4v) is 2.02. The lowest BCUT2D eigenvalue weighted by Gasteiger charge is -2.15. The molecular formula is C15H18FN3O2. The van der Waals surface area contributed by atoms with E-state index in [1.54, 1.807) is 12.3 Å². The van der Waals surface area contributed by atoms with Crippen LogP contribution in [0.1, 0.15) is 41.3 Å². The molecule has 6 heteroatoms. The molecule has 1 atom stereocenters. The Kier molecular flexibility index (Phi) is 4.57. The predicted molar refractivity (Wildman–Crippen MR) is 76.8 cm³/mol. The van der Waals surface area contributed by atoms with E-state index in [0.29, 0.717) is 18.0 Å². The first-order valence-electron chi connectivity index (χ1n) is 6.71. The first-order chi connectivity index (χ1) is 10.0. The van der Waals surface area contributed by atoms with Crippen molar-refractivity contribution in [1.29, 1.82) is 0 Å². The smallest absolute Gasteiger partial charge is 0.254 e. The van der Waals surface area contributed by atoms with Crippen LogP contribution in [0.4, 0.5) is 4.39 Å². The van der Waals surface area contributed by atoms with Crippen molar-refractivity contribution < 1.29 is 13.9 Å². The molecule has 0 aliphatic rings. The zero-order chi connectivity index (χ0) is 15.4. The van der Waals surface area contributed by atoms with Gasteiger partial charge in [-0.25, -0.2) is 9.37 Å². The first kappa shape index (κ1) is 15.0. The van der Waals surface area contributed by atoms with Crippen molar-refractivity contribution in [2.75, 3.05) is 7.11 Å². The van der Waals surface area contributed by atoms with Crippen molar-refractivity contribution in [3.8, 4) is 5.75 Å². The number of imidazole rings is 1. The van der Waals surface area contributed by atoms with E-state index in [0.717, 1.165) is 5.69 Å². The highest BCUT2D eigenvalue weighted by atomic mass is 19.1. The molecule has 0 aliphatic heterocycles. The summed E-state index contributed by atoms with van der Waals surface area (Å²) in [5, 5.41) is 2.78. The van der Waals surface area contributed by atoms with Gasteiger partial charge in [-0.1, -0.05) is 6.92 Å². The number of nitrogens with one attached hydrogen (secondary N) is 2. The molecule has 0 saturated heterocycles. The second kappa shape index (κ2) is 6.39. The van der Waals surface area contributed by atoms with Crippen LogP contribution in [0.25, 0.3) is 0 Å². The molecule has 1 amide bonds. The van der Waals surface area contributed by atoms with Gasteiger partial charge in [-0.15, -0.1) is 0 Å². The number of carbonyl (C=O) groups excluding carboxylic acids is 1. The van der Waals surface area contributed by atoms with Crippen molar-refractivity contribution in [2.45, 2.75) is 26.3 Å². The Balaban J connectivity index is 2.16. The molecule has 0 bridgehead atoms. The SMILES string of the molecule is CC[C@H](NC(=O)c1ccc(OC)cc1F)c1ncc(C)[nH]1. The highest BCUT2D eigenvalue weighted by molar-refractivity contribution is 5.94. The van der Waals surface area contributed by atoms with Gasteiger partial charge < -0.3 is 15.0 Å². The molecule has 0 aliphatic carbocycles. The Bertz CT molecular complexity index is 640. The van der Waals surface area contributed by atoms with Gasteiger partial charge in [0.25, 0.3) is 5.91 Å². The number of ether oxygens (including phenoxy) is 1. The molecule has 0 radical (unpaired) electrons. The molecule has 2 rings (SSSR count). The average Bonchev–Trinajstić information content (AvgIpc) is 2.90. The van der Waals surface area contributed by atoms with E-state index in [9.17, 15) is 9.18 Å². The highest BCUT2D eigenvalue weighted by Crippen LogP contribution is 2.18. The minimum Gasteiger partial charge on any atom is -0.497 e. The summed E-state index contributed by atoms with van der Waals surface area (Å²) < 4.78 is 18.8. The van der Waals surface area contributed by atoms with E-state index in [2.05, 4.69) is 15.3 Å². The van der Waals surface area contributed by atoms with Crippen molar-refractivity contribution in [3.63, 3.8) is 0 Å². The number of aromatic amines is 1. The van der Waals surface area contributed by atoms with Crippen LogP contribution in [0.2, 0.25) is 0 Å². The molecule has 0 fully saturated rings. The largest absolute Gasteiger partial charge is 0.497 e. The van der Waals surface area contributed by atoms with Crippen molar-refractivity contribution in [1.82, 2.24) is 15.3 Å². The van der Waals surface area contributed by atoms with Gasteiger partial charge in [0, 0.05) is 18.0 Å². The van der Waals surface area contributed by atoms with Gasteiger partial charge in [-0.2, -0.15) is 0 Å². The van der Waals surface area contributed by atoms with Crippen LogP contribution in [0.15, 0.2) is 24.4 Å². The molecule has 0 saturated carbocycles. The fourth-order valence-electron chi connectivity index (χ4n) is 2.02. The third-order valence-electron chi connectivity index (χ3n) is 3.19. The van der Waals surface area contributed by atoms with E-state index in [-0.39, 0.29) is 11.6 Å². The summed E-state index contributed by atoms with van der Waals surface area (Å²) in [4.78, 5) is 19.5. The van der Waals surface area contributed by atoms with Crippen molar-refractivity contribution >= 4 is 5.91 Å². The summed E-state index contributed by atoms with van der Waals surface area (Å²) in [6, 6.07) is 3.86. The monoisotopic (exact) mass is 291 g/mol. The lowest BCUT2D eigenvalue weighted by atomic mass is 10.1. The molecule has 1 aromatic heterocycles. The van der Waals surface area contributed by atoms with Crippen LogP contribution >= 0.6 is 0 Å². The summed E-state index contributed by atoms with van der Waals surface area (Å²) in [5.74, 6) is -0.0524. The van der Waals surface area contributed by atoms with E-state index >= 15 is 0 Å². The van der Waals surface area contributed by atoms with Gasteiger partial charge >= 0.3 is 0 Å². The number of methoxy groups -OCH3 is 1. The Morgan fingerprint density at radius 3 is 2.81 bits per heavy atom. The van der Waals surface area contributed by atoms with Crippen LogP contribution in [-0.2, 0) is 0 Å². The van der Waals surface area contributed by atoms with Gasteiger partial charge in [0.05, 0.1) is 18.7 Å². The van der Waals surface area contributed by atoms with Crippen molar-refractivity contribution in [2.24, 2.45) is 0 Å². The number of hydrogen-bond acceptors (Lipinski definition) is 3. The van der Waals surface area contributed by atoms with Crippen LogP contribution in [0.5, 0.6) is 5.75 Å². The lowest BCUT2D eigenvalue weighted by molar-refractivity contribution is 0.0929. The zero-order valence-electron chi connectivity index (χ0n) is 12.2. The highest BCUT2D eigenvalue weighted by Gasteiger charge is 2.19. The van der Waals surface area contributed by atoms with Gasteiger partial charge in [0.1, 0.15) is 17.4 Å². The average molecular weight is 291 g/mol. The minimum atomic E-state index is -0.614. The van der Waals surface area contributed by atoms with E-state index < -0.39 is 11.7 Å². The number of nitrogens with zero attached hydrogens (tertiary/aromatic N) is 1. The van der Waals surface area contributed by atoms with Crippen LogP contribution in [0.3, 0.4) is 0 Å². The Morgan fingerprint density at radius 1 is 1.52 bits per heavy atom. The van der Waals surface area contributed by atoms with E-state index in [1.807, 2.05) is 13.8 Å². The molecule has 1 aromatic carbocycles. The molecule has 2 N–H and O–H groups in total. The number of halogens is 1. The maximum Gasteiger partial charge on any atom is 0.254 e. The number of aromatic nitrogens is 2. The zero-order valence-corrected chi connectivity index (χ0v) is 12.2. The Labute approximate surface area is 122 Å². The molecule has 0 spiro atoms. The van der Waals surface area contributed by atoms with Crippen LogP contribution in [-0.4, -0.2) is 23.0 Å². The standard InChI is InChI=1S/C15H18FN3O2/c1-4-13(14-17-8-9(2)18-14)19-15(20)11-6-5-10(21-3)7-12(11)16/h5-8,13H,4H2,1-3H3,(H,17,18)(H,19,20)/t13-/m0/s1. The van der Waals surface area contributed by atoms with Crippen molar-refractivity contribution in [3.05, 3.63) is 47.3 Å². The Hall–Kier alpha value is -2.37. The topological polar surface area (TPSA) is 67.0 Å². The maximum absolute atomic E-state index is 13.9. The number of carbonyl (C=O) groups is 1. The van der Waals surface area contributed by atoms with Crippen LogP contribution in [0, 0.1) is 12.7 Å². The Morgan fingerprint density at radius 2 is 2.29 bits per heavy atom. The molecule has 21 heavy (non-hydrogen) atoms. The van der Waals surface area contributed by atoms with Gasteiger partial charge in [0.15, 0.2) is 0 Å². The molecule has 5 nitrogen and oxygen atoms in total. The molecule has 112 valence electrons. The lowest BCUT2D eigenvalue weighted by Crippen LogP contribution is -2.29. The molecule has 0 unspecified atom stereocenters. The molecular weight excluding hydrogens is 273 g/mol. The maximum atomic E-state index is 13.9. The van der Waals surface area contributed by atoms with E-state index in [1.165, 1.54) is 19.2 Å². The third kappa shape index (κ3) is 3.39.